The predicted molar refractivity (Wildman–Crippen MR) is 67.2 cm³/mol. The molecule has 80 valence electrons. The van der Waals surface area contributed by atoms with Crippen LogP contribution in [0.3, 0.4) is 0 Å². The van der Waals surface area contributed by atoms with Crippen LogP contribution in [0.25, 0.3) is 0 Å². The number of unbranched alkanes of at least 4 members (excludes halogenated alkanes) is 3. The zero-order valence-electron chi connectivity index (χ0n) is 9.34. The van der Waals surface area contributed by atoms with Crippen molar-refractivity contribution in [2.75, 3.05) is 0 Å². The van der Waals surface area contributed by atoms with Crippen molar-refractivity contribution in [3.8, 4) is 0 Å². The second-order valence-electron chi connectivity index (χ2n) is 3.45. The van der Waals surface area contributed by atoms with Gasteiger partial charge in [0.1, 0.15) is 10.5 Å². The first kappa shape index (κ1) is 13.6. The Hall–Kier alpha value is 0.571. The van der Waals surface area contributed by atoms with Gasteiger partial charge < -0.3 is 8.23 Å². The van der Waals surface area contributed by atoms with Crippen molar-refractivity contribution in [1.82, 2.24) is 0 Å². The molecule has 0 fully saturated rings. The highest BCUT2D eigenvalue weighted by Gasteiger charge is 2.07. The number of hydrogen-bond donors (Lipinski definition) is 0. The topological polar surface area (TPSA) is 18.5 Å². The van der Waals surface area contributed by atoms with Gasteiger partial charge in [-0.15, -0.1) is 0 Å². The zero-order chi connectivity index (χ0) is 9.94. The van der Waals surface area contributed by atoms with Crippen LogP contribution >= 0.6 is 0 Å². The quantitative estimate of drug-likeness (QED) is 0.432. The lowest BCUT2D eigenvalue weighted by molar-refractivity contribution is 0.483. The van der Waals surface area contributed by atoms with Gasteiger partial charge >= 0.3 is 0 Å². The van der Waals surface area contributed by atoms with Crippen molar-refractivity contribution in [3.63, 3.8) is 0 Å². The van der Waals surface area contributed by atoms with Crippen LogP contribution in [-0.2, 0) is 8.23 Å². The fourth-order valence-corrected chi connectivity index (χ4v) is 6.67. The highest BCUT2D eigenvalue weighted by atomic mass is 28.4. The van der Waals surface area contributed by atoms with E-state index in [1.54, 1.807) is 0 Å². The monoisotopic (exact) mass is 236 g/mol. The molecule has 0 heterocycles. The Bertz CT molecular complexity index is 103. The molecule has 0 rings (SSSR count). The van der Waals surface area contributed by atoms with Gasteiger partial charge in [0.2, 0.25) is 0 Å². The first-order valence-electron chi connectivity index (χ1n) is 5.45. The Morgan fingerprint density at radius 1 is 1.23 bits per heavy atom. The summed E-state index contributed by atoms with van der Waals surface area (Å²) in [5.41, 5.74) is 0. The lowest BCUT2D eigenvalue weighted by Crippen LogP contribution is -2.20. The van der Waals surface area contributed by atoms with E-state index in [-0.39, 0.29) is 0 Å². The van der Waals surface area contributed by atoms with Crippen LogP contribution in [0.15, 0.2) is 0 Å². The van der Waals surface area contributed by atoms with Crippen molar-refractivity contribution in [1.29, 1.82) is 0 Å². The van der Waals surface area contributed by atoms with Gasteiger partial charge in [0.25, 0.3) is 10.0 Å². The first-order valence-corrected chi connectivity index (χ1v) is 9.53. The summed E-state index contributed by atoms with van der Waals surface area (Å²) in [5, 5.41) is 0. The average Bonchev–Trinajstić information content (AvgIpc) is 2.17. The summed E-state index contributed by atoms with van der Waals surface area (Å²) in [6.07, 6.45) is 5.50. The Balaban J connectivity index is 3.25. The molecule has 0 aliphatic heterocycles. The average molecular weight is 237 g/mol. The summed E-state index contributed by atoms with van der Waals surface area (Å²) < 4.78 is 11.0. The molecule has 5 heteroatoms. The van der Waals surface area contributed by atoms with Crippen LogP contribution in [-0.4, -0.2) is 29.5 Å². The minimum Gasteiger partial charge on any atom is -0.449 e. The van der Waals surface area contributed by atoms with Gasteiger partial charge in [-0.1, -0.05) is 39.5 Å². The SMILES string of the molecule is CCCCCC[SiH](CC)O[SiH2]O[SiH3]. The van der Waals surface area contributed by atoms with Gasteiger partial charge in [0, 0.05) is 0 Å². The van der Waals surface area contributed by atoms with E-state index >= 15 is 0 Å². The van der Waals surface area contributed by atoms with E-state index in [9.17, 15) is 0 Å². The van der Waals surface area contributed by atoms with Crippen molar-refractivity contribution in [2.24, 2.45) is 0 Å². The molecule has 0 saturated heterocycles. The molecule has 0 aromatic rings. The molecule has 0 aliphatic carbocycles. The Morgan fingerprint density at radius 3 is 2.54 bits per heavy atom. The molecule has 0 aromatic carbocycles. The molecular formula is C8H24O2Si3. The molecular weight excluding hydrogens is 212 g/mol. The third-order valence-electron chi connectivity index (χ3n) is 2.26. The highest BCUT2D eigenvalue weighted by Crippen LogP contribution is 2.09. The van der Waals surface area contributed by atoms with E-state index in [0.717, 1.165) is 10.5 Å². The van der Waals surface area contributed by atoms with Crippen LogP contribution in [0.2, 0.25) is 12.1 Å². The van der Waals surface area contributed by atoms with E-state index in [1.165, 1.54) is 37.8 Å². The first-order chi connectivity index (χ1) is 6.35. The predicted octanol–water partition coefficient (Wildman–Crippen LogP) is 0.623. The van der Waals surface area contributed by atoms with E-state index in [4.69, 9.17) is 8.23 Å². The van der Waals surface area contributed by atoms with E-state index in [0.29, 0.717) is 0 Å². The molecule has 0 amide bonds. The second kappa shape index (κ2) is 10.7. The maximum atomic E-state index is 5.81. The van der Waals surface area contributed by atoms with Gasteiger partial charge in [0.15, 0.2) is 9.04 Å². The Kier molecular flexibility index (Phi) is 11.1. The minimum atomic E-state index is -0.814. The molecule has 0 saturated carbocycles. The second-order valence-corrected chi connectivity index (χ2v) is 9.97. The summed E-state index contributed by atoms with van der Waals surface area (Å²) in [4.78, 5) is 0. The van der Waals surface area contributed by atoms with Crippen LogP contribution in [0, 0.1) is 0 Å². The molecule has 1 atom stereocenters. The molecule has 13 heavy (non-hydrogen) atoms. The van der Waals surface area contributed by atoms with E-state index < -0.39 is 19.0 Å². The van der Waals surface area contributed by atoms with Gasteiger partial charge in [-0.05, 0) is 12.1 Å². The van der Waals surface area contributed by atoms with Crippen molar-refractivity contribution in [3.05, 3.63) is 0 Å². The van der Waals surface area contributed by atoms with Gasteiger partial charge in [-0.3, -0.25) is 0 Å². The molecule has 2 nitrogen and oxygen atoms in total. The van der Waals surface area contributed by atoms with Crippen molar-refractivity contribution in [2.45, 2.75) is 51.6 Å². The summed E-state index contributed by atoms with van der Waals surface area (Å²) in [6, 6.07) is 2.65. The summed E-state index contributed by atoms with van der Waals surface area (Å²) in [5.74, 6) is 0. The lowest BCUT2D eigenvalue weighted by Gasteiger charge is -2.13. The lowest BCUT2D eigenvalue weighted by atomic mass is 10.2. The zero-order valence-corrected chi connectivity index (χ0v) is 13.9. The highest BCUT2D eigenvalue weighted by molar-refractivity contribution is 6.57. The molecule has 0 spiro atoms. The van der Waals surface area contributed by atoms with Crippen LogP contribution in [0.1, 0.15) is 39.5 Å². The molecule has 0 radical (unpaired) electrons. The molecule has 0 bridgehead atoms. The third kappa shape index (κ3) is 8.89. The summed E-state index contributed by atoms with van der Waals surface area (Å²) >= 11 is 0. The maximum Gasteiger partial charge on any atom is 0.283 e. The molecule has 1 unspecified atom stereocenters. The summed E-state index contributed by atoms with van der Waals surface area (Å²) in [7, 11) is -0.505. The third-order valence-corrected chi connectivity index (χ3v) is 7.59. The Morgan fingerprint density at radius 2 is 2.00 bits per heavy atom. The smallest absolute Gasteiger partial charge is 0.283 e. The summed E-state index contributed by atoms with van der Waals surface area (Å²) in [6.45, 7) is 4.52. The maximum absolute atomic E-state index is 5.81. The van der Waals surface area contributed by atoms with Gasteiger partial charge in [0.05, 0.1) is 0 Å². The Labute approximate surface area is 89.7 Å². The van der Waals surface area contributed by atoms with Crippen molar-refractivity contribution >= 4 is 29.5 Å². The van der Waals surface area contributed by atoms with Crippen LogP contribution < -0.4 is 0 Å². The fourth-order valence-electron chi connectivity index (χ4n) is 1.37. The molecule has 0 aromatic heterocycles. The number of hydrogen-bond acceptors (Lipinski definition) is 2. The molecule has 0 N–H and O–H groups in total. The van der Waals surface area contributed by atoms with Crippen LogP contribution in [0.4, 0.5) is 0 Å². The number of rotatable bonds is 9. The fraction of sp³-hybridized carbons (Fsp3) is 1.00. The van der Waals surface area contributed by atoms with Crippen molar-refractivity contribution < 1.29 is 8.23 Å². The normalized spacial score (nSPS) is 14.3. The van der Waals surface area contributed by atoms with E-state index in [2.05, 4.69) is 13.8 Å². The minimum absolute atomic E-state index is 0.553. The van der Waals surface area contributed by atoms with Gasteiger partial charge in [-0.2, -0.15) is 0 Å². The van der Waals surface area contributed by atoms with Crippen LogP contribution in [0.5, 0.6) is 0 Å². The van der Waals surface area contributed by atoms with E-state index in [1.807, 2.05) is 0 Å². The standard InChI is InChI=1S/C8H24O2Si3/c1-3-5-6-7-8-13(4-2)10-12-9-11/h13H,3-8,12H2,1-2,11H3. The largest absolute Gasteiger partial charge is 0.449 e. The molecule has 0 aliphatic rings. The van der Waals surface area contributed by atoms with Gasteiger partial charge in [-0.25, -0.2) is 0 Å².